The zero-order valence-corrected chi connectivity index (χ0v) is 28.1. The number of carboxylic acids is 1. The highest BCUT2D eigenvalue weighted by Crippen LogP contribution is 2.56. The number of pyridine rings is 1. The minimum absolute atomic E-state index is 0.0618. The Morgan fingerprint density at radius 1 is 1.11 bits per heavy atom. The number of nitrogens with one attached hydrogen (secondary N) is 1. The van der Waals surface area contributed by atoms with Gasteiger partial charge in [-0.05, 0) is 135 Å². The highest BCUT2D eigenvalue weighted by Gasteiger charge is 2.54. The van der Waals surface area contributed by atoms with Crippen LogP contribution in [0.4, 0.5) is 5.69 Å². The van der Waals surface area contributed by atoms with E-state index in [9.17, 15) is 9.90 Å². The van der Waals surface area contributed by atoms with Crippen molar-refractivity contribution in [1.29, 1.82) is 0 Å². The highest BCUT2D eigenvalue weighted by atomic mass is 35.5. The topological polar surface area (TPSA) is 107 Å². The number of carbonyl (C=O) groups is 1. The minimum atomic E-state index is -1.06. The molecule has 4 atom stereocenters. The van der Waals surface area contributed by atoms with Gasteiger partial charge in [0.2, 0.25) is 0 Å². The number of nitrogens with two attached hydrogens (primary N) is 1. The second kappa shape index (κ2) is 13.4. The first kappa shape index (κ1) is 32.6. The van der Waals surface area contributed by atoms with Gasteiger partial charge < -0.3 is 25.6 Å². The van der Waals surface area contributed by atoms with Crippen LogP contribution in [0.15, 0.2) is 54.7 Å². The number of benzene rings is 2. The standard InChI is InChI=1S/C38H48ClN3O4/c1-24(22-46-34-12-17-41-33-9-4-6-25(2)35(33)34)18-28-19-27-10-11-31(45-23-26(3)40)21-32(27)37(28)13-15-38(16-14-37,36(43)44)42-30-8-5-7-29(39)20-30/h5,7-8,10-12,17,20-21,24-26,28,42H,4,6,9,13-16,18-19,22-23,40H2,1-3H3,(H,43,44)/t24-,25-,26-,28+,37?,38?/m1/s1. The Morgan fingerprint density at radius 2 is 1.91 bits per heavy atom. The third-order valence-corrected chi connectivity index (χ3v) is 11.0. The zero-order chi connectivity index (χ0) is 32.5. The molecule has 7 nitrogen and oxygen atoms in total. The van der Waals surface area contributed by atoms with Crippen molar-refractivity contribution in [3.8, 4) is 11.5 Å². The van der Waals surface area contributed by atoms with E-state index in [0.29, 0.717) is 48.8 Å². The quantitative estimate of drug-likeness (QED) is 0.194. The predicted molar refractivity (Wildman–Crippen MR) is 183 cm³/mol. The molecule has 3 aromatic rings. The van der Waals surface area contributed by atoms with Gasteiger partial charge in [0.15, 0.2) is 0 Å². The van der Waals surface area contributed by atoms with E-state index < -0.39 is 11.5 Å². The van der Waals surface area contributed by atoms with Gasteiger partial charge in [0, 0.05) is 34.2 Å². The normalized spacial score (nSPS) is 26.5. The molecule has 0 unspecified atom stereocenters. The molecule has 2 aromatic carbocycles. The first-order chi connectivity index (χ1) is 22.1. The Bertz CT molecular complexity index is 1550. The third kappa shape index (κ3) is 6.59. The van der Waals surface area contributed by atoms with E-state index in [1.165, 1.54) is 35.2 Å². The van der Waals surface area contributed by atoms with Gasteiger partial charge in [0.1, 0.15) is 23.6 Å². The van der Waals surface area contributed by atoms with E-state index in [1.54, 1.807) is 12.1 Å². The molecule has 0 bridgehead atoms. The fourth-order valence-corrected chi connectivity index (χ4v) is 8.58. The monoisotopic (exact) mass is 645 g/mol. The summed E-state index contributed by atoms with van der Waals surface area (Å²) in [6, 6.07) is 15.8. The number of aromatic nitrogens is 1. The van der Waals surface area contributed by atoms with Crippen LogP contribution >= 0.6 is 11.6 Å². The van der Waals surface area contributed by atoms with Crippen molar-refractivity contribution in [3.05, 3.63) is 82.1 Å². The number of aliphatic carboxylic acids is 1. The number of rotatable bonds is 11. The molecule has 1 saturated carbocycles. The summed E-state index contributed by atoms with van der Waals surface area (Å²) in [6.45, 7) is 7.60. The third-order valence-electron chi connectivity index (χ3n) is 10.8. The molecule has 3 aliphatic rings. The van der Waals surface area contributed by atoms with E-state index in [0.717, 1.165) is 49.3 Å². The van der Waals surface area contributed by atoms with Crippen molar-refractivity contribution in [2.45, 2.75) is 101 Å². The van der Waals surface area contributed by atoms with Crippen molar-refractivity contribution >= 4 is 23.3 Å². The van der Waals surface area contributed by atoms with Crippen molar-refractivity contribution in [2.24, 2.45) is 17.6 Å². The van der Waals surface area contributed by atoms with Crippen LogP contribution in [-0.2, 0) is 23.1 Å². The molecular formula is C38H48ClN3O4. The second-order valence-electron chi connectivity index (χ2n) is 14.3. The summed E-state index contributed by atoms with van der Waals surface area (Å²) in [5.41, 5.74) is 10.7. The molecule has 1 aromatic heterocycles. The summed E-state index contributed by atoms with van der Waals surface area (Å²) < 4.78 is 12.6. The van der Waals surface area contributed by atoms with E-state index in [1.807, 2.05) is 31.3 Å². The molecule has 6 rings (SSSR count). The van der Waals surface area contributed by atoms with Crippen molar-refractivity contribution in [3.63, 3.8) is 0 Å². The Hall–Kier alpha value is -3.29. The van der Waals surface area contributed by atoms with Gasteiger partial charge in [-0.2, -0.15) is 0 Å². The van der Waals surface area contributed by atoms with E-state index in [2.05, 4.69) is 42.3 Å². The highest BCUT2D eigenvalue weighted by molar-refractivity contribution is 6.30. The van der Waals surface area contributed by atoms with Gasteiger partial charge in [-0.1, -0.05) is 37.6 Å². The predicted octanol–water partition coefficient (Wildman–Crippen LogP) is 7.93. The fraction of sp³-hybridized carbons (Fsp3) is 0.526. The molecule has 0 amide bonds. The molecule has 4 N–H and O–H groups in total. The van der Waals surface area contributed by atoms with Crippen LogP contribution in [0.25, 0.3) is 0 Å². The number of fused-ring (bicyclic) bond motifs is 3. The Morgan fingerprint density at radius 3 is 2.65 bits per heavy atom. The Labute approximate surface area is 278 Å². The number of nitrogens with zero attached hydrogens (tertiary/aromatic N) is 1. The van der Waals surface area contributed by atoms with Gasteiger partial charge in [0.25, 0.3) is 0 Å². The molecule has 1 heterocycles. The van der Waals surface area contributed by atoms with Gasteiger partial charge in [0.05, 0.1) is 6.61 Å². The van der Waals surface area contributed by atoms with Crippen LogP contribution < -0.4 is 20.5 Å². The minimum Gasteiger partial charge on any atom is -0.493 e. The SMILES string of the molecule is C[C@@H](COc1ccnc2c1[C@H](C)CCC2)C[C@H]1Cc2ccc(OC[C@@H](C)N)cc2C12CCC(Nc1cccc(Cl)c1)(C(=O)O)CC2. The average molecular weight is 646 g/mol. The Balaban J connectivity index is 1.24. The average Bonchev–Trinajstić information content (AvgIpc) is 3.31. The van der Waals surface area contributed by atoms with E-state index >= 15 is 0 Å². The summed E-state index contributed by atoms with van der Waals surface area (Å²) >= 11 is 6.26. The van der Waals surface area contributed by atoms with Gasteiger partial charge in [-0.3, -0.25) is 4.98 Å². The van der Waals surface area contributed by atoms with Crippen LogP contribution in [0.2, 0.25) is 5.02 Å². The summed E-state index contributed by atoms with van der Waals surface area (Å²) in [6.07, 6.45) is 9.80. The molecule has 0 radical (unpaired) electrons. The van der Waals surface area contributed by atoms with E-state index in [4.69, 9.17) is 26.8 Å². The van der Waals surface area contributed by atoms with Crippen molar-refractivity contribution < 1.29 is 19.4 Å². The molecule has 0 aliphatic heterocycles. The van der Waals surface area contributed by atoms with E-state index in [-0.39, 0.29) is 11.5 Å². The molecule has 1 spiro atoms. The van der Waals surface area contributed by atoms with Crippen LogP contribution in [-0.4, -0.2) is 40.9 Å². The van der Waals surface area contributed by atoms with Crippen LogP contribution in [0.3, 0.4) is 0 Å². The number of halogens is 1. The van der Waals surface area contributed by atoms with Crippen LogP contribution in [0.1, 0.15) is 94.0 Å². The zero-order valence-electron chi connectivity index (χ0n) is 27.4. The summed E-state index contributed by atoms with van der Waals surface area (Å²) in [7, 11) is 0. The van der Waals surface area contributed by atoms with Gasteiger partial charge in [-0.15, -0.1) is 0 Å². The first-order valence-corrected chi connectivity index (χ1v) is 17.4. The lowest BCUT2D eigenvalue weighted by atomic mass is 9.59. The lowest BCUT2D eigenvalue weighted by Crippen LogP contribution is -2.53. The van der Waals surface area contributed by atoms with Crippen molar-refractivity contribution in [1.82, 2.24) is 4.98 Å². The number of hydrogen-bond donors (Lipinski definition) is 3. The summed E-state index contributed by atoms with van der Waals surface area (Å²) in [5, 5.41) is 14.5. The molecule has 0 saturated heterocycles. The molecule has 8 heteroatoms. The lowest BCUT2D eigenvalue weighted by molar-refractivity contribution is -0.144. The maximum Gasteiger partial charge on any atom is 0.329 e. The Kier molecular flexibility index (Phi) is 9.54. The van der Waals surface area contributed by atoms with Crippen LogP contribution in [0, 0.1) is 11.8 Å². The summed E-state index contributed by atoms with van der Waals surface area (Å²) in [5.74, 6) is 2.15. The van der Waals surface area contributed by atoms with Gasteiger partial charge >= 0.3 is 5.97 Å². The molecule has 3 aliphatic carbocycles. The fourth-order valence-electron chi connectivity index (χ4n) is 8.39. The number of ether oxygens (including phenoxy) is 2. The van der Waals surface area contributed by atoms with Gasteiger partial charge in [-0.25, -0.2) is 4.79 Å². The number of aryl methyl sites for hydroxylation is 1. The summed E-state index contributed by atoms with van der Waals surface area (Å²) in [4.78, 5) is 17.5. The molecule has 1 fully saturated rings. The number of hydrogen-bond acceptors (Lipinski definition) is 6. The maximum absolute atomic E-state index is 12.9. The largest absolute Gasteiger partial charge is 0.493 e. The smallest absolute Gasteiger partial charge is 0.329 e. The van der Waals surface area contributed by atoms with Crippen molar-refractivity contribution in [2.75, 3.05) is 18.5 Å². The maximum atomic E-state index is 12.9. The number of carboxylic acid groups (broad SMARTS) is 1. The lowest BCUT2D eigenvalue weighted by Gasteiger charge is -2.47. The second-order valence-corrected chi connectivity index (χ2v) is 14.7. The molecule has 46 heavy (non-hydrogen) atoms. The number of anilines is 1. The molecular weight excluding hydrogens is 598 g/mol. The van der Waals surface area contributed by atoms with Crippen LogP contribution in [0.5, 0.6) is 11.5 Å². The first-order valence-electron chi connectivity index (χ1n) is 17.0. The molecule has 246 valence electrons.